The van der Waals surface area contributed by atoms with Crippen molar-refractivity contribution in [3.8, 4) is 0 Å². The molecule has 1 atom stereocenters. The van der Waals surface area contributed by atoms with Crippen LogP contribution in [-0.2, 0) is 0 Å². The van der Waals surface area contributed by atoms with E-state index in [1.165, 1.54) is 12.5 Å². The molecule has 0 aliphatic rings. The van der Waals surface area contributed by atoms with Crippen LogP contribution in [0.2, 0.25) is 6.04 Å². The minimum absolute atomic E-state index is 0.168. The van der Waals surface area contributed by atoms with Gasteiger partial charge >= 0.3 is 0 Å². The summed E-state index contributed by atoms with van der Waals surface area (Å²) in [5.41, 5.74) is 0. The molecular formula is C5H13BrSi. The third-order valence-electron chi connectivity index (χ3n) is 1.30. The summed E-state index contributed by atoms with van der Waals surface area (Å²) in [6.45, 7) is 4.57. The lowest BCUT2D eigenvalue weighted by Crippen LogP contribution is -1.91. The topological polar surface area (TPSA) is 0 Å². The molecule has 0 spiro atoms. The second kappa shape index (κ2) is 4.85. The van der Waals surface area contributed by atoms with Gasteiger partial charge in [-0.05, 0) is 5.92 Å². The second-order valence-electron chi connectivity index (χ2n) is 1.99. The fourth-order valence-electron chi connectivity index (χ4n) is 0.390. The van der Waals surface area contributed by atoms with Crippen molar-refractivity contribution in [2.45, 2.75) is 26.3 Å². The molecule has 2 heteroatoms. The molecule has 0 amide bonds. The van der Waals surface area contributed by atoms with Gasteiger partial charge in [-0.2, -0.15) is 0 Å². The van der Waals surface area contributed by atoms with E-state index in [0.717, 1.165) is 5.92 Å². The zero-order valence-electron chi connectivity index (χ0n) is 5.08. The number of halogens is 1. The summed E-state index contributed by atoms with van der Waals surface area (Å²) in [6.07, 6.45) is 1.35. The van der Waals surface area contributed by atoms with E-state index in [2.05, 4.69) is 29.1 Å². The van der Waals surface area contributed by atoms with Gasteiger partial charge < -0.3 is 0 Å². The van der Waals surface area contributed by atoms with Gasteiger partial charge in [-0.15, -0.1) is 15.3 Å². The van der Waals surface area contributed by atoms with Gasteiger partial charge in [-0.25, -0.2) is 0 Å². The maximum absolute atomic E-state index is 3.53. The zero-order valence-corrected chi connectivity index (χ0v) is 8.08. The van der Waals surface area contributed by atoms with Crippen molar-refractivity contribution in [3.63, 3.8) is 0 Å². The van der Waals surface area contributed by atoms with E-state index in [-0.39, 0.29) is 8.14 Å². The Morgan fingerprint density at radius 2 is 2.29 bits per heavy atom. The van der Waals surface area contributed by atoms with Crippen LogP contribution >= 0.6 is 15.3 Å². The molecule has 0 N–H and O–H groups in total. The average molecular weight is 181 g/mol. The highest BCUT2D eigenvalue weighted by molar-refractivity contribution is 9.23. The summed E-state index contributed by atoms with van der Waals surface area (Å²) in [5, 5.41) is 0. The van der Waals surface area contributed by atoms with Crippen LogP contribution in [-0.4, -0.2) is 8.14 Å². The van der Waals surface area contributed by atoms with Crippen LogP contribution in [0.1, 0.15) is 20.3 Å². The molecule has 0 fully saturated rings. The SMILES string of the molecule is CCC(C)C[SiH2]Br. The molecule has 7 heavy (non-hydrogen) atoms. The maximum atomic E-state index is 3.53. The lowest BCUT2D eigenvalue weighted by molar-refractivity contribution is 0.625. The van der Waals surface area contributed by atoms with Crippen molar-refractivity contribution in [3.05, 3.63) is 0 Å². The third kappa shape index (κ3) is 4.55. The van der Waals surface area contributed by atoms with Gasteiger partial charge in [-0.3, -0.25) is 0 Å². The molecule has 0 aromatic rings. The number of rotatable bonds is 3. The first-order valence-corrected chi connectivity index (χ1v) is 7.77. The van der Waals surface area contributed by atoms with Crippen LogP contribution in [0.15, 0.2) is 0 Å². The summed E-state index contributed by atoms with van der Waals surface area (Å²) in [5.74, 6) is 0.964. The van der Waals surface area contributed by atoms with Crippen molar-refractivity contribution in [1.29, 1.82) is 0 Å². The maximum Gasteiger partial charge on any atom is 0.0988 e. The predicted octanol–water partition coefficient (Wildman–Crippen LogP) is 1.93. The fraction of sp³-hybridized carbons (Fsp3) is 1.00. The molecule has 0 rings (SSSR count). The van der Waals surface area contributed by atoms with Crippen LogP contribution in [0.5, 0.6) is 0 Å². The van der Waals surface area contributed by atoms with Crippen LogP contribution < -0.4 is 0 Å². The Balaban J connectivity index is 2.83. The van der Waals surface area contributed by atoms with Gasteiger partial charge in [0.2, 0.25) is 0 Å². The van der Waals surface area contributed by atoms with Gasteiger partial charge in [-0.1, -0.05) is 26.3 Å². The Labute approximate surface area is 56.1 Å². The fourth-order valence-corrected chi connectivity index (χ4v) is 3.52. The second-order valence-corrected chi connectivity index (χ2v) is 5.33. The van der Waals surface area contributed by atoms with E-state index in [4.69, 9.17) is 0 Å². The summed E-state index contributed by atoms with van der Waals surface area (Å²) in [4.78, 5) is 0. The molecule has 0 radical (unpaired) electrons. The molecule has 0 aromatic heterocycles. The highest BCUT2D eigenvalue weighted by Gasteiger charge is 1.94. The molecule has 0 aliphatic carbocycles. The minimum atomic E-state index is 0.168. The van der Waals surface area contributed by atoms with Crippen molar-refractivity contribution in [2.75, 3.05) is 0 Å². The van der Waals surface area contributed by atoms with Gasteiger partial charge in [0.1, 0.15) is 0 Å². The van der Waals surface area contributed by atoms with Crippen molar-refractivity contribution >= 4 is 23.4 Å². The van der Waals surface area contributed by atoms with Gasteiger partial charge in [0.25, 0.3) is 0 Å². The first-order chi connectivity index (χ1) is 3.31. The number of hydrogen-bond donors (Lipinski definition) is 0. The van der Waals surface area contributed by atoms with E-state index in [9.17, 15) is 0 Å². The molecule has 44 valence electrons. The smallest absolute Gasteiger partial charge is 0.0988 e. The Hall–Kier alpha value is 0.697. The Morgan fingerprint density at radius 1 is 1.71 bits per heavy atom. The monoisotopic (exact) mass is 180 g/mol. The molecule has 0 saturated carbocycles. The molecule has 0 aromatic carbocycles. The van der Waals surface area contributed by atoms with E-state index in [1.54, 1.807) is 0 Å². The molecule has 1 unspecified atom stereocenters. The van der Waals surface area contributed by atoms with Gasteiger partial charge in [0, 0.05) is 0 Å². The van der Waals surface area contributed by atoms with Crippen molar-refractivity contribution in [2.24, 2.45) is 5.92 Å². The Kier molecular flexibility index (Phi) is 5.33. The first kappa shape index (κ1) is 7.70. The summed E-state index contributed by atoms with van der Waals surface area (Å²) >= 11 is 3.53. The Bertz CT molecular complexity index is 39.1. The number of hydrogen-bond acceptors (Lipinski definition) is 0. The highest BCUT2D eigenvalue weighted by atomic mass is 79.9. The lowest BCUT2D eigenvalue weighted by Gasteiger charge is -2.01. The summed E-state index contributed by atoms with van der Waals surface area (Å²) in [7, 11) is 0.168. The normalized spacial score (nSPS) is 15.9. The van der Waals surface area contributed by atoms with Crippen LogP contribution in [0.25, 0.3) is 0 Å². The summed E-state index contributed by atoms with van der Waals surface area (Å²) in [6, 6.07) is 1.45. The third-order valence-corrected chi connectivity index (χ3v) is 3.88. The van der Waals surface area contributed by atoms with E-state index in [1.807, 2.05) is 0 Å². The van der Waals surface area contributed by atoms with Gasteiger partial charge in [0.05, 0.1) is 8.14 Å². The quantitative estimate of drug-likeness (QED) is 0.461. The molecule has 0 bridgehead atoms. The van der Waals surface area contributed by atoms with Crippen molar-refractivity contribution < 1.29 is 0 Å². The predicted molar refractivity (Wildman–Crippen MR) is 41.7 cm³/mol. The molecule has 0 aliphatic heterocycles. The molecule has 0 nitrogen and oxygen atoms in total. The minimum Gasteiger partial charge on any atom is -0.135 e. The zero-order chi connectivity index (χ0) is 5.70. The highest BCUT2D eigenvalue weighted by Crippen LogP contribution is 2.06. The van der Waals surface area contributed by atoms with Crippen LogP contribution in [0.3, 0.4) is 0 Å². The largest absolute Gasteiger partial charge is 0.135 e. The average Bonchev–Trinajstić information content (AvgIpc) is 1.68. The first-order valence-electron chi connectivity index (χ1n) is 2.87. The standard InChI is InChI=1S/C5H13BrSi/c1-3-5(2)4-7-6/h5H,3-4,7H2,1-2H3. The van der Waals surface area contributed by atoms with Crippen molar-refractivity contribution in [1.82, 2.24) is 0 Å². The molecule has 0 saturated heterocycles. The molecular weight excluding hydrogens is 168 g/mol. The van der Waals surface area contributed by atoms with Gasteiger partial charge in [0.15, 0.2) is 0 Å². The lowest BCUT2D eigenvalue weighted by atomic mass is 10.2. The van der Waals surface area contributed by atoms with Crippen LogP contribution in [0.4, 0.5) is 0 Å². The Morgan fingerprint density at radius 3 is 2.43 bits per heavy atom. The van der Waals surface area contributed by atoms with E-state index in [0.29, 0.717) is 0 Å². The molecule has 0 heterocycles. The van der Waals surface area contributed by atoms with E-state index < -0.39 is 0 Å². The van der Waals surface area contributed by atoms with Crippen LogP contribution in [0, 0.1) is 5.92 Å². The van der Waals surface area contributed by atoms with E-state index >= 15 is 0 Å². The summed E-state index contributed by atoms with van der Waals surface area (Å²) < 4.78 is 0.